The molecule has 2 nitrogen and oxygen atoms in total. The number of aromatic nitrogens is 1. The lowest BCUT2D eigenvalue weighted by molar-refractivity contribution is -0.660. The van der Waals surface area contributed by atoms with E-state index in [0.717, 1.165) is 38.7 Å². The van der Waals surface area contributed by atoms with Crippen LogP contribution in [0.3, 0.4) is 0 Å². The van der Waals surface area contributed by atoms with Gasteiger partial charge in [0.1, 0.15) is 32.1 Å². The Balaban J connectivity index is 1.60. The molecule has 0 aliphatic carbocycles. The molecule has 4 heteroatoms. The Labute approximate surface area is 217 Å². The van der Waals surface area contributed by atoms with Gasteiger partial charge < -0.3 is 4.42 Å². The highest BCUT2D eigenvalue weighted by molar-refractivity contribution is 7.00. The second-order valence-electron chi connectivity index (χ2n) is 10.3. The Morgan fingerprint density at radius 3 is 2.14 bits per heavy atom. The van der Waals surface area contributed by atoms with Gasteiger partial charge in [0.25, 0.3) is 0 Å². The molecule has 0 saturated carbocycles. The van der Waals surface area contributed by atoms with E-state index in [9.17, 15) is 0 Å². The maximum Gasteiger partial charge on any atom is 0.216 e. The SMILES string of the molecule is Cc1ccc2c(oc3c(-c4cccc([Si](C)(C)c5ccccc5)c4)c(F)ccc32)c1-c1cccc[n+]1C. The minimum absolute atomic E-state index is 0.272. The molecule has 0 aliphatic rings. The van der Waals surface area contributed by atoms with Crippen molar-refractivity contribution in [2.75, 3.05) is 0 Å². The summed E-state index contributed by atoms with van der Waals surface area (Å²) >= 11 is 0. The van der Waals surface area contributed by atoms with Gasteiger partial charge >= 0.3 is 0 Å². The highest BCUT2D eigenvalue weighted by atomic mass is 28.3. The van der Waals surface area contributed by atoms with E-state index >= 15 is 4.39 Å². The number of halogens is 1. The lowest BCUT2D eigenvalue weighted by Gasteiger charge is -2.24. The highest BCUT2D eigenvalue weighted by Gasteiger charge is 2.27. The zero-order chi connectivity index (χ0) is 25.7. The van der Waals surface area contributed by atoms with Crippen LogP contribution in [0, 0.1) is 12.7 Å². The van der Waals surface area contributed by atoms with E-state index in [1.807, 2.05) is 49.6 Å². The first-order chi connectivity index (χ1) is 17.9. The Bertz CT molecular complexity index is 1790. The summed E-state index contributed by atoms with van der Waals surface area (Å²) < 4.78 is 24.3. The van der Waals surface area contributed by atoms with Gasteiger partial charge in [0.05, 0.1) is 11.1 Å². The highest BCUT2D eigenvalue weighted by Crippen LogP contribution is 2.41. The van der Waals surface area contributed by atoms with Gasteiger partial charge in [-0.15, -0.1) is 0 Å². The van der Waals surface area contributed by atoms with Crippen LogP contribution < -0.4 is 14.9 Å². The van der Waals surface area contributed by atoms with E-state index in [1.54, 1.807) is 6.07 Å². The second-order valence-corrected chi connectivity index (χ2v) is 14.7. The fourth-order valence-corrected chi connectivity index (χ4v) is 7.82. The number of nitrogens with zero attached hydrogens (tertiary/aromatic N) is 1. The minimum Gasteiger partial charge on any atom is -0.454 e. The van der Waals surface area contributed by atoms with Gasteiger partial charge in [0, 0.05) is 22.9 Å². The van der Waals surface area contributed by atoms with Crippen LogP contribution in [0.15, 0.2) is 108 Å². The molecule has 2 heterocycles. The van der Waals surface area contributed by atoms with Crippen molar-refractivity contribution in [2.45, 2.75) is 20.0 Å². The van der Waals surface area contributed by atoms with Crippen molar-refractivity contribution in [1.29, 1.82) is 0 Å². The molecule has 182 valence electrons. The number of aryl methyl sites for hydroxylation is 2. The van der Waals surface area contributed by atoms with Crippen molar-refractivity contribution >= 4 is 40.4 Å². The van der Waals surface area contributed by atoms with Gasteiger partial charge in [-0.1, -0.05) is 90.2 Å². The lowest BCUT2D eigenvalue weighted by Crippen LogP contribution is -2.52. The monoisotopic (exact) mass is 502 g/mol. The third-order valence-electron chi connectivity index (χ3n) is 7.65. The lowest BCUT2D eigenvalue weighted by atomic mass is 9.99. The van der Waals surface area contributed by atoms with E-state index in [0.29, 0.717) is 11.1 Å². The molecule has 0 amide bonds. The average Bonchev–Trinajstić information content (AvgIpc) is 3.28. The molecule has 0 saturated heterocycles. The number of hydrogen-bond acceptors (Lipinski definition) is 1. The van der Waals surface area contributed by atoms with Gasteiger partial charge in [0.15, 0.2) is 6.20 Å². The van der Waals surface area contributed by atoms with Crippen LogP contribution in [0.2, 0.25) is 13.1 Å². The maximum absolute atomic E-state index is 15.6. The molecular weight excluding hydrogens is 473 g/mol. The Hall–Kier alpha value is -4.02. The molecular formula is C33H29FNOSi+. The molecule has 0 spiro atoms. The molecule has 0 radical (unpaired) electrons. The normalized spacial score (nSPS) is 11.9. The molecule has 0 aliphatic heterocycles. The molecule has 6 aromatic rings. The smallest absolute Gasteiger partial charge is 0.216 e. The Morgan fingerprint density at radius 2 is 1.38 bits per heavy atom. The third-order valence-corrected chi connectivity index (χ3v) is 11.2. The van der Waals surface area contributed by atoms with E-state index < -0.39 is 8.07 Å². The van der Waals surface area contributed by atoms with Crippen molar-refractivity contribution in [3.63, 3.8) is 0 Å². The molecule has 4 aromatic carbocycles. The van der Waals surface area contributed by atoms with Crippen LogP contribution in [-0.4, -0.2) is 8.07 Å². The fourth-order valence-electron chi connectivity index (χ4n) is 5.43. The van der Waals surface area contributed by atoms with Crippen LogP contribution in [0.4, 0.5) is 4.39 Å². The predicted molar refractivity (Wildman–Crippen MR) is 154 cm³/mol. The Morgan fingerprint density at radius 1 is 0.703 bits per heavy atom. The maximum atomic E-state index is 15.6. The van der Waals surface area contributed by atoms with Gasteiger partial charge in [-0.25, -0.2) is 8.96 Å². The number of fused-ring (bicyclic) bond motifs is 3. The van der Waals surface area contributed by atoms with Crippen LogP contribution in [0.25, 0.3) is 44.3 Å². The molecule has 6 rings (SSSR count). The molecule has 2 aromatic heterocycles. The molecule has 0 fully saturated rings. The van der Waals surface area contributed by atoms with Crippen molar-refractivity contribution in [2.24, 2.45) is 7.05 Å². The predicted octanol–water partition coefficient (Wildman–Crippen LogP) is 7.01. The molecule has 0 bridgehead atoms. The van der Waals surface area contributed by atoms with Crippen LogP contribution in [0.1, 0.15) is 5.56 Å². The van der Waals surface area contributed by atoms with Gasteiger partial charge in [-0.2, -0.15) is 0 Å². The van der Waals surface area contributed by atoms with Crippen LogP contribution in [0.5, 0.6) is 0 Å². The first-order valence-corrected chi connectivity index (χ1v) is 15.6. The van der Waals surface area contributed by atoms with Crippen molar-refractivity contribution in [3.05, 3.63) is 115 Å². The number of benzene rings is 4. The van der Waals surface area contributed by atoms with Crippen molar-refractivity contribution in [1.82, 2.24) is 0 Å². The summed E-state index contributed by atoms with van der Waals surface area (Å²) in [5, 5.41) is 4.54. The minimum atomic E-state index is -1.96. The fraction of sp³-hybridized carbons (Fsp3) is 0.121. The van der Waals surface area contributed by atoms with E-state index in [2.05, 4.69) is 79.2 Å². The molecule has 0 unspecified atom stereocenters. The quantitative estimate of drug-likeness (QED) is 0.187. The topological polar surface area (TPSA) is 17.0 Å². The summed E-state index contributed by atoms with van der Waals surface area (Å²) in [6, 6.07) is 32.8. The molecule has 0 N–H and O–H groups in total. The molecule has 0 atom stereocenters. The summed E-state index contributed by atoms with van der Waals surface area (Å²) in [7, 11) is 0.0738. The summed E-state index contributed by atoms with van der Waals surface area (Å²) in [5.41, 5.74) is 5.97. The second kappa shape index (κ2) is 8.82. The van der Waals surface area contributed by atoms with Gasteiger partial charge in [-0.3, -0.25) is 0 Å². The van der Waals surface area contributed by atoms with Crippen molar-refractivity contribution < 1.29 is 13.4 Å². The summed E-state index contributed by atoms with van der Waals surface area (Å²) in [5.74, 6) is -0.272. The zero-order valence-electron chi connectivity index (χ0n) is 21.5. The zero-order valence-corrected chi connectivity index (χ0v) is 22.5. The average molecular weight is 503 g/mol. The number of pyridine rings is 1. The molecule has 37 heavy (non-hydrogen) atoms. The number of rotatable bonds is 4. The van der Waals surface area contributed by atoms with Crippen LogP contribution in [-0.2, 0) is 7.05 Å². The summed E-state index contributed by atoms with van der Waals surface area (Å²) in [4.78, 5) is 0. The van der Waals surface area contributed by atoms with E-state index in [-0.39, 0.29) is 5.82 Å². The van der Waals surface area contributed by atoms with E-state index in [1.165, 1.54) is 10.4 Å². The number of hydrogen-bond donors (Lipinski definition) is 0. The van der Waals surface area contributed by atoms with Crippen LogP contribution >= 0.6 is 0 Å². The Kier molecular flexibility index (Phi) is 5.57. The third kappa shape index (κ3) is 3.80. The largest absolute Gasteiger partial charge is 0.454 e. The first kappa shape index (κ1) is 23.4. The first-order valence-electron chi connectivity index (χ1n) is 12.6. The standard InChI is InChI=1S/C33H29FNOSi/c1-22-16-17-26-27-18-19-28(34)31(33(27)36-32(26)30(22)29-15-8-9-20-35(29)2)23-11-10-14-25(21-23)37(3,4)24-12-6-5-7-13-24/h5-21H,1-4H3/q+1. The van der Waals surface area contributed by atoms with E-state index in [4.69, 9.17) is 4.42 Å². The van der Waals surface area contributed by atoms with Gasteiger partial charge in [-0.05, 0) is 36.2 Å². The van der Waals surface area contributed by atoms with Gasteiger partial charge in [0.2, 0.25) is 5.69 Å². The number of furan rings is 1. The summed E-state index contributed by atoms with van der Waals surface area (Å²) in [6.45, 7) is 6.78. The van der Waals surface area contributed by atoms with Crippen molar-refractivity contribution in [3.8, 4) is 22.4 Å². The summed E-state index contributed by atoms with van der Waals surface area (Å²) in [6.07, 6.45) is 2.03.